The number of benzene rings is 1. The maximum atomic E-state index is 13.7. The Labute approximate surface area is 208 Å². The number of amides is 2. The zero-order valence-electron chi connectivity index (χ0n) is 20.3. The standard InChI is InChI=1S/C26H28FN5O4/c1-16-12-32(17(2)14-33)26(35)22-8-19(20-9-28-15-29-10-20)11-30-24(22)36-23(16)13-31(3)25(34)18-5-4-6-21(27)7-18/h4-11,15-17,23,33H,12-14H2,1-3H3/t16-,17+,23-/m1/s1. The van der Waals surface area contributed by atoms with Crippen LogP contribution in [-0.2, 0) is 0 Å². The number of aliphatic hydroxyl groups excluding tert-OH is 1. The molecule has 0 fully saturated rings. The van der Waals surface area contributed by atoms with Gasteiger partial charge in [0.05, 0.1) is 19.2 Å². The molecule has 3 aromatic rings. The van der Waals surface area contributed by atoms with Crippen molar-refractivity contribution in [3.05, 3.63) is 72.2 Å². The lowest BCUT2D eigenvalue weighted by molar-refractivity contribution is 0.0313. The molecule has 4 rings (SSSR count). The van der Waals surface area contributed by atoms with E-state index in [4.69, 9.17) is 4.74 Å². The average Bonchev–Trinajstić information content (AvgIpc) is 2.90. The molecule has 3 heterocycles. The zero-order chi connectivity index (χ0) is 25.8. The van der Waals surface area contributed by atoms with Gasteiger partial charge in [0.1, 0.15) is 23.8 Å². The summed E-state index contributed by atoms with van der Waals surface area (Å²) < 4.78 is 19.9. The topological polar surface area (TPSA) is 109 Å². The lowest BCUT2D eigenvalue weighted by atomic mass is 9.99. The number of nitrogens with zero attached hydrogens (tertiary/aromatic N) is 5. The van der Waals surface area contributed by atoms with Crippen molar-refractivity contribution in [1.29, 1.82) is 0 Å². The summed E-state index contributed by atoms with van der Waals surface area (Å²) in [5.41, 5.74) is 1.81. The number of carbonyl (C=O) groups excluding carboxylic acids is 2. The molecule has 0 bridgehead atoms. The number of pyridine rings is 1. The molecule has 1 aromatic carbocycles. The van der Waals surface area contributed by atoms with Gasteiger partial charge in [-0.15, -0.1) is 0 Å². The summed E-state index contributed by atoms with van der Waals surface area (Å²) in [7, 11) is 1.62. The summed E-state index contributed by atoms with van der Waals surface area (Å²) in [5.74, 6) is -1.22. The first-order valence-electron chi connectivity index (χ1n) is 11.6. The highest BCUT2D eigenvalue weighted by atomic mass is 19.1. The van der Waals surface area contributed by atoms with Gasteiger partial charge in [-0.25, -0.2) is 19.3 Å². The molecule has 2 aromatic heterocycles. The van der Waals surface area contributed by atoms with E-state index in [2.05, 4.69) is 15.0 Å². The van der Waals surface area contributed by atoms with Crippen molar-refractivity contribution in [3.8, 4) is 17.0 Å². The average molecular weight is 494 g/mol. The molecule has 0 spiro atoms. The van der Waals surface area contributed by atoms with E-state index in [1.165, 1.54) is 29.4 Å². The van der Waals surface area contributed by atoms with Gasteiger partial charge in [-0.2, -0.15) is 0 Å². The number of likely N-dealkylation sites (N-methyl/N-ethyl adjacent to an activating group) is 1. The monoisotopic (exact) mass is 493 g/mol. The molecule has 0 radical (unpaired) electrons. The van der Waals surface area contributed by atoms with Crippen molar-refractivity contribution in [2.45, 2.75) is 26.0 Å². The molecular weight excluding hydrogens is 465 g/mol. The minimum absolute atomic E-state index is 0.138. The highest BCUT2D eigenvalue weighted by molar-refractivity contribution is 5.98. The van der Waals surface area contributed by atoms with Crippen LogP contribution in [0, 0.1) is 11.7 Å². The van der Waals surface area contributed by atoms with Gasteiger partial charge in [0.15, 0.2) is 0 Å². The van der Waals surface area contributed by atoms with Crippen LogP contribution in [0.3, 0.4) is 0 Å². The summed E-state index contributed by atoms with van der Waals surface area (Å²) >= 11 is 0. The number of hydrogen-bond donors (Lipinski definition) is 1. The van der Waals surface area contributed by atoms with Crippen LogP contribution in [0.4, 0.5) is 4.39 Å². The molecule has 1 aliphatic rings. The van der Waals surface area contributed by atoms with Gasteiger partial charge in [0, 0.05) is 54.8 Å². The Hall–Kier alpha value is -3.92. The van der Waals surface area contributed by atoms with E-state index in [1.54, 1.807) is 49.6 Å². The van der Waals surface area contributed by atoms with Crippen molar-refractivity contribution >= 4 is 11.8 Å². The van der Waals surface area contributed by atoms with Gasteiger partial charge in [0.2, 0.25) is 5.88 Å². The summed E-state index contributed by atoms with van der Waals surface area (Å²) in [4.78, 5) is 42.0. The maximum Gasteiger partial charge on any atom is 0.259 e. The van der Waals surface area contributed by atoms with Gasteiger partial charge in [0.25, 0.3) is 11.8 Å². The lowest BCUT2D eigenvalue weighted by Crippen LogP contribution is -2.50. The summed E-state index contributed by atoms with van der Waals surface area (Å²) in [5, 5.41) is 9.83. The predicted octanol–water partition coefficient (Wildman–Crippen LogP) is 2.67. The van der Waals surface area contributed by atoms with E-state index in [9.17, 15) is 19.1 Å². The van der Waals surface area contributed by atoms with Crippen molar-refractivity contribution in [2.24, 2.45) is 5.92 Å². The second kappa shape index (κ2) is 10.8. The number of hydrogen-bond acceptors (Lipinski definition) is 7. The largest absolute Gasteiger partial charge is 0.472 e. The molecule has 1 N–H and O–H groups in total. The Morgan fingerprint density at radius 2 is 2.00 bits per heavy atom. The minimum Gasteiger partial charge on any atom is -0.472 e. The second-order valence-corrected chi connectivity index (χ2v) is 9.02. The molecule has 2 amide bonds. The first kappa shape index (κ1) is 25.2. The van der Waals surface area contributed by atoms with E-state index >= 15 is 0 Å². The van der Waals surface area contributed by atoms with Crippen LogP contribution in [0.1, 0.15) is 34.6 Å². The summed E-state index contributed by atoms with van der Waals surface area (Å²) in [6.07, 6.45) is 5.71. The van der Waals surface area contributed by atoms with E-state index in [1.807, 2.05) is 6.92 Å². The molecule has 1 aliphatic heterocycles. The van der Waals surface area contributed by atoms with Crippen LogP contribution >= 0.6 is 0 Å². The number of ether oxygens (including phenoxy) is 1. The van der Waals surface area contributed by atoms with Crippen LogP contribution in [0.25, 0.3) is 11.1 Å². The summed E-state index contributed by atoms with van der Waals surface area (Å²) in [6.45, 7) is 3.95. The molecule has 0 saturated heterocycles. The number of rotatable bonds is 6. The highest BCUT2D eigenvalue weighted by Gasteiger charge is 2.35. The lowest BCUT2D eigenvalue weighted by Gasteiger charge is -2.37. The predicted molar refractivity (Wildman–Crippen MR) is 130 cm³/mol. The Kier molecular flexibility index (Phi) is 7.54. The van der Waals surface area contributed by atoms with E-state index < -0.39 is 18.0 Å². The zero-order valence-corrected chi connectivity index (χ0v) is 20.3. The Morgan fingerprint density at radius 1 is 1.25 bits per heavy atom. The normalized spacial score (nSPS) is 18.5. The Balaban J connectivity index is 1.67. The first-order valence-corrected chi connectivity index (χ1v) is 11.6. The number of aromatic nitrogens is 3. The van der Waals surface area contributed by atoms with E-state index in [0.29, 0.717) is 17.7 Å². The van der Waals surface area contributed by atoms with Crippen molar-refractivity contribution in [1.82, 2.24) is 24.8 Å². The molecule has 0 aliphatic carbocycles. The van der Waals surface area contributed by atoms with E-state index in [-0.39, 0.29) is 47.9 Å². The maximum absolute atomic E-state index is 13.7. The van der Waals surface area contributed by atoms with Crippen LogP contribution < -0.4 is 4.74 Å². The molecule has 0 saturated carbocycles. The van der Waals surface area contributed by atoms with Gasteiger partial charge < -0.3 is 19.6 Å². The van der Waals surface area contributed by atoms with Crippen LogP contribution in [0.5, 0.6) is 5.88 Å². The van der Waals surface area contributed by atoms with Crippen molar-refractivity contribution in [3.63, 3.8) is 0 Å². The first-order chi connectivity index (χ1) is 17.3. The SMILES string of the molecule is C[C@@H]1CN([C@@H](C)CO)C(=O)c2cc(-c3cncnc3)cnc2O[C@@H]1CN(C)C(=O)c1cccc(F)c1. The smallest absolute Gasteiger partial charge is 0.259 e. The van der Waals surface area contributed by atoms with E-state index in [0.717, 1.165) is 0 Å². The highest BCUT2D eigenvalue weighted by Crippen LogP contribution is 2.30. The number of carbonyl (C=O) groups is 2. The van der Waals surface area contributed by atoms with Gasteiger partial charge >= 0.3 is 0 Å². The molecule has 188 valence electrons. The van der Waals surface area contributed by atoms with Crippen LogP contribution in [-0.4, -0.2) is 80.6 Å². The third kappa shape index (κ3) is 5.33. The second-order valence-electron chi connectivity index (χ2n) is 9.02. The third-order valence-corrected chi connectivity index (χ3v) is 6.29. The van der Waals surface area contributed by atoms with Gasteiger partial charge in [-0.05, 0) is 31.2 Å². The molecule has 9 nitrogen and oxygen atoms in total. The Bertz CT molecular complexity index is 1240. The molecule has 0 unspecified atom stereocenters. The fourth-order valence-electron chi connectivity index (χ4n) is 4.12. The number of halogens is 1. The molecular formula is C26H28FN5O4. The molecule has 10 heteroatoms. The fraction of sp³-hybridized carbons (Fsp3) is 0.346. The molecule has 3 atom stereocenters. The molecule has 36 heavy (non-hydrogen) atoms. The van der Waals surface area contributed by atoms with Crippen LogP contribution in [0.15, 0.2) is 55.2 Å². The van der Waals surface area contributed by atoms with Gasteiger partial charge in [-0.3, -0.25) is 9.59 Å². The van der Waals surface area contributed by atoms with Gasteiger partial charge in [-0.1, -0.05) is 13.0 Å². The number of aliphatic hydroxyl groups is 1. The minimum atomic E-state index is -0.522. The van der Waals surface area contributed by atoms with Crippen molar-refractivity contribution in [2.75, 3.05) is 26.7 Å². The number of fused-ring (bicyclic) bond motifs is 1. The third-order valence-electron chi connectivity index (χ3n) is 6.29. The summed E-state index contributed by atoms with van der Waals surface area (Å²) in [6, 6.07) is 6.75. The quantitative estimate of drug-likeness (QED) is 0.562. The van der Waals surface area contributed by atoms with Crippen LogP contribution in [0.2, 0.25) is 0 Å². The fourth-order valence-corrected chi connectivity index (χ4v) is 4.12. The van der Waals surface area contributed by atoms with Crippen molar-refractivity contribution < 1.29 is 23.8 Å². The Morgan fingerprint density at radius 3 is 2.69 bits per heavy atom.